The van der Waals surface area contributed by atoms with Crippen LogP contribution in [0.25, 0.3) is 11.4 Å². The number of amides is 2. The van der Waals surface area contributed by atoms with E-state index in [1.165, 1.54) is 11.0 Å². The van der Waals surface area contributed by atoms with Crippen LogP contribution in [0.1, 0.15) is 36.7 Å². The summed E-state index contributed by atoms with van der Waals surface area (Å²) < 4.78 is 11.7. The van der Waals surface area contributed by atoms with Gasteiger partial charge in [-0.2, -0.15) is 0 Å². The molecule has 1 saturated heterocycles. The van der Waals surface area contributed by atoms with Crippen molar-refractivity contribution in [1.29, 1.82) is 0 Å². The molecule has 2 amide bonds. The molecule has 1 aliphatic heterocycles. The second-order valence-corrected chi connectivity index (χ2v) is 10.6. The minimum absolute atomic E-state index is 0.0897. The van der Waals surface area contributed by atoms with E-state index < -0.39 is 37.6 Å². The summed E-state index contributed by atoms with van der Waals surface area (Å²) in [4.78, 5) is 64.7. The number of nitrogens with one attached hydrogen (secondary N) is 3. The van der Waals surface area contributed by atoms with Gasteiger partial charge >= 0.3 is 13.6 Å². The highest BCUT2D eigenvalue weighted by atomic mass is 31.2. The molecule has 2 aromatic rings. The average Bonchev–Trinajstić information content (AvgIpc) is 2.94. The number of aromatic nitrogens is 2. The van der Waals surface area contributed by atoms with E-state index in [1.54, 1.807) is 24.3 Å². The lowest BCUT2D eigenvalue weighted by Gasteiger charge is -2.31. The van der Waals surface area contributed by atoms with Crippen molar-refractivity contribution in [2.45, 2.75) is 32.2 Å². The number of piperazine rings is 1. The summed E-state index contributed by atoms with van der Waals surface area (Å²) >= 11 is 0. The van der Waals surface area contributed by atoms with Gasteiger partial charge in [0.25, 0.3) is 5.91 Å². The number of benzene rings is 1. The van der Waals surface area contributed by atoms with Gasteiger partial charge in [-0.1, -0.05) is 43.7 Å². The van der Waals surface area contributed by atoms with Crippen LogP contribution < -0.4 is 16.0 Å². The number of aliphatic hydroxyl groups is 1. The number of unbranched alkanes of at least 4 members (excludes halogenated alkanes) is 1. The largest absolute Gasteiger partial charge is 0.481 e. The molecule has 220 valence electrons. The van der Waals surface area contributed by atoms with Crippen LogP contribution in [0.3, 0.4) is 0 Å². The molecule has 1 aliphatic rings. The van der Waals surface area contributed by atoms with Gasteiger partial charge in [-0.25, -0.2) is 9.97 Å². The monoisotopic (exact) mass is 580 g/mol. The molecule has 7 N–H and O–H groups in total. The first kappa shape index (κ1) is 32.8. The van der Waals surface area contributed by atoms with E-state index >= 15 is 0 Å². The molecule has 2 heterocycles. The molecule has 0 bridgehead atoms. The lowest BCUT2D eigenvalue weighted by Crippen LogP contribution is -2.55. The molecular formula is C25H37N6O8P. The van der Waals surface area contributed by atoms with Gasteiger partial charge in [0.1, 0.15) is 17.6 Å². The number of hydrogen-bond acceptors (Lipinski definition) is 9. The first-order chi connectivity index (χ1) is 19.0. The van der Waals surface area contributed by atoms with Crippen molar-refractivity contribution in [3.05, 3.63) is 42.1 Å². The van der Waals surface area contributed by atoms with Crippen molar-refractivity contribution >= 4 is 31.2 Å². The molecule has 0 aliphatic carbocycles. The molecule has 1 aromatic carbocycles. The zero-order valence-electron chi connectivity index (χ0n) is 22.3. The normalized spacial score (nSPS) is 13.9. The lowest BCUT2D eigenvalue weighted by molar-refractivity contribution is -0.137. The van der Waals surface area contributed by atoms with E-state index in [0.717, 1.165) is 12.8 Å². The number of carbonyl (C=O) groups is 3. The molecule has 0 radical (unpaired) electrons. The summed E-state index contributed by atoms with van der Waals surface area (Å²) in [5.74, 6) is -1.51. The van der Waals surface area contributed by atoms with Crippen LogP contribution in [0.15, 0.2) is 36.4 Å². The molecule has 1 aromatic heterocycles. The molecule has 40 heavy (non-hydrogen) atoms. The van der Waals surface area contributed by atoms with Crippen LogP contribution in [-0.2, 0) is 14.2 Å². The Morgan fingerprint density at radius 2 is 1.80 bits per heavy atom. The fourth-order valence-electron chi connectivity index (χ4n) is 3.64. The predicted octanol–water partition coefficient (Wildman–Crippen LogP) is 0.517. The highest BCUT2D eigenvalue weighted by Crippen LogP contribution is 2.35. The summed E-state index contributed by atoms with van der Waals surface area (Å²) in [7, 11) is -4.61. The first-order valence-electron chi connectivity index (χ1n) is 12.9. The number of aliphatic hydroxyl groups excluding tert-OH is 1. The highest BCUT2D eigenvalue weighted by molar-refractivity contribution is 7.51. The van der Waals surface area contributed by atoms with E-state index in [9.17, 15) is 28.7 Å². The molecule has 15 heteroatoms. The maximum absolute atomic E-state index is 13.0. The fraction of sp³-hybridized carbons (Fsp3) is 0.480. The van der Waals surface area contributed by atoms with Crippen molar-refractivity contribution in [2.24, 2.45) is 0 Å². The molecule has 1 atom stereocenters. The molecule has 0 saturated carbocycles. The quantitative estimate of drug-likeness (QED) is 0.171. The van der Waals surface area contributed by atoms with Crippen LogP contribution in [0.5, 0.6) is 0 Å². The highest BCUT2D eigenvalue weighted by Gasteiger charge is 2.33. The zero-order chi connectivity index (χ0) is 29.5. The maximum Gasteiger partial charge on any atom is 0.328 e. The van der Waals surface area contributed by atoms with Gasteiger partial charge < -0.3 is 40.9 Å². The zero-order valence-corrected chi connectivity index (χ0v) is 23.2. The number of hydrogen-bond donors (Lipinski definition) is 7. The van der Waals surface area contributed by atoms with Crippen LogP contribution in [0, 0.1) is 0 Å². The Balaban J connectivity index is 0.000000708. The number of nitrogens with zero attached hydrogens (tertiary/aromatic N) is 3. The van der Waals surface area contributed by atoms with E-state index in [4.69, 9.17) is 10.2 Å². The second kappa shape index (κ2) is 16.6. The minimum atomic E-state index is -4.61. The third-order valence-electron chi connectivity index (χ3n) is 5.61. The van der Waals surface area contributed by atoms with Gasteiger partial charge in [-0.05, 0) is 6.42 Å². The molecule has 3 rings (SSSR count). The van der Waals surface area contributed by atoms with E-state index in [0.29, 0.717) is 38.2 Å². The van der Waals surface area contributed by atoms with Crippen molar-refractivity contribution in [1.82, 2.24) is 25.5 Å². The number of anilines is 1. The van der Waals surface area contributed by atoms with E-state index in [-0.39, 0.29) is 30.5 Å². The van der Waals surface area contributed by atoms with E-state index in [1.807, 2.05) is 13.0 Å². The standard InChI is InChI=1S/C20H27N6O6P.C5H10O2/c27-11-8-22-17-12-15(23-18(25-17)14-4-2-1-3-5-14)19(28)24-16(13-33(30,31)32)20(29)26-9-6-21-7-10-26;1-2-3-4-5(6)7/h1-5,12,16,21,27H,6-11,13H2,(H,24,28)(H,22,23,25)(H2,30,31,32);2-4H2,1H3,(H,6,7). The van der Waals surface area contributed by atoms with Crippen LogP contribution in [-0.4, -0.2) is 104 Å². The first-order valence-corrected chi connectivity index (χ1v) is 14.7. The van der Waals surface area contributed by atoms with Gasteiger partial charge in [0, 0.05) is 50.8 Å². The summed E-state index contributed by atoms with van der Waals surface area (Å²) in [5, 5.41) is 25.6. The minimum Gasteiger partial charge on any atom is -0.481 e. The van der Waals surface area contributed by atoms with Gasteiger partial charge in [-0.15, -0.1) is 0 Å². The van der Waals surface area contributed by atoms with Crippen LogP contribution >= 0.6 is 7.60 Å². The smallest absolute Gasteiger partial charge is 0.328 e. The third kappa shape index (κ3) is 11.8. The van der Waals surface area contributed by atoms with Crippen LogP contribution in [0.4, 0.5) is 5.82 Å². The van der Waals surface area contributed by atoms with E-state index in [2.05, 4.69) is 25.9 Å². The molecule has 14 nitrogen and oxygen atoms in total. The maximum atomic E-state index is 13.0. The molecule has 0 spiro atoms. The number of rotatable bonds is 12. The number of aliphatic carboxylic acids is 1. The number of carboxylic acid groups (broad SMARTS) is 1. The Labute approximate surface area is 232 Å². The Hall–Kier alpha value is -3.42. The molecular weight excluding hydrogens is 543 g/mol. The van der Waals surface area contributed by atoms with Crippen molar-refractivity contribution in [3.63, 3.8) is 0 Å². The number of carbonyl (C=O) groups excluding carboxylic acids is 2. The summed E-state index contributed by atoms with van der Waals surface area (Å²) in [6.45, 7) is 3.84. The Kier molecular flexibility index (Phi) is 13.6. The second-order valence-electron chi connectivity index (χ2n) is 8.92. The van der Waals surface area contributed by atoms with Crippen molar-refractivity contribution < 1.29 is 38.9 Å². The van der Waals surface area contributed by atoms with Gasteiger partial charge in [-0.3, -0.25) is 18.9 Å². The third-order valence-corrected chi connectivity index (χ3v) is 6.45. The number of carboxylic acids is 1. The summed E-state index contributed by atoms with van der Waals surface area (Å²) in [6.07, 6.45) is 1.26. The fourth-order valence-corrected chi connectivity index (χ4v) is 4.37. The average molecular weight is 581 g/mol. The molecule has 1 unspecified atom stereocenters. The Morgan fingerprint density at radius 3 is 2.35 bits per heavy atom. The topological polar surface area (TPSA) is 214 Å². The lowest BCUT2D eigenvalue weighted by atomic mass is 10.2. The molecule has 1 fully saturated rings. The summed E-state index contributed by atoms with van der Waals surface area (Å²) in [5.41, 5.74) is 0.552. The van der Waals surface area contributed by atoms with Crippen molar-refractivity contribution in [2.75, 3.05) is 50.8 Å². The Bertz CT molecular complexity index is 1160. The van der Waals surface area contributed by atoms with Gasteiger partial charge in [0.05, 0.1) is 12.8 Å². The summed E-state index contributed by atoms with van der Waals surface area (Å²) in [6, 6.07) is 8.85. The SMILES string of the molecule is CCCCC(=O)O.O=C(NC(CP(=O)(O)O)C(=O)N1CCNCC1)c1cc(NCCO)nc(-c2ccccc2)n1. The predicted molar refractivity (Wildman–Crippen MR) is 148 cm³/mol. The van der Waals surface area contributed by atoms with Gasteiger partial charge in [0.2, 0.25) is 5.91 Å². The van der Waals surface area contributed by atoms with Crippen molar-refractivity contribution in [3.8, 4) is 11.4 Å². The van der Waals surface area contributed by atoms with Crippen LogP contribution in [0.2, 0.25) is 0 Å². The Morgan fingerprint density at radius 1 is 1.12 bits per heavy atom. The van der Waals surface area contributed by atoms with Gasteiger partial charge in [0.15, 0.2) is 5.82 Å².